The average Bonchev–Trinajstić information content (AvgIpc) is 2.53. The molecule has 1 saturated heterocycles. The third kappa shape index (κ3) is 3.82. The number of piperidine rings is 1. The van der Waals surface area contributed by atoms with Gasteiger partial charge in [0.25, 0.3) is 0 Å². The normalized spacial score (nSPS) is 19.5. The van der Waals surface area contributed by atoms with Gasteiger partial charge in [-0.3, -0.25) is 4.79 Å². The zero-order valence-electron chi connectivity index (χ0n) is 12.4. The molecule has 1 aromatic carbocycles. The molecule has 1 amide bonds. The minimum atomic E-state index is -4.48. The third-order valence-corrected chi connectivity index (χ3v) is 4.14. The van der Waals surface area contributed by atoms with Crippen LogP contribution >= 0.6 is 0 Å². The molecule has 128 valence electrons. The van der Waals surface area contributed by atoms with E-state index < -0.39 is 35.9 Å². The van der Waals surface area contributed by atoms with Crippen LogP contribution in [-0.4, -0.2) is 46.8 Å². The van der Waals surface area contributed by atoms with Crippen LogP contribution in [0.1, 0.15) is 24.0 Å². The van der Waals surface area contributed by atoms with Crippen molar-refractivity contribution in [3.8, 4) is 0 Å². The molecule has 1 atom stereocenters. The van der Waals surface area contributed by atoms with E-state index in [4.69, 9.17) is 10.8 Å². The van der Waals surface area contributed by atoms with E-state index in [-0.39, 0.29) is 31.5 Å². The first-order chi connectivity index (χ1) is 10.7. The molecule has 0 spiro atoms. The number of rotatable bonds is 3. The van der Waals surface area contributed by atoms with E-state index in [1.54, 1.807) is 0 Å². The number of carbonyl (C=O) groups is 1. The van der Waals surface area contributed by atoms with Crippen molar-refractivity contribution in [3.63, 3.8) is 0 Å². The Kier molecular flexibility index (Phi) is 4.98. The molecule has 5 nitrogen and oxygen atoms in total. The van der Waals surface area contributed by atoms with Gasteiger partial charge in [0.2, 0.25) is 5.91 Å². The van der Waals surface area contributed by atoms with Crippen LogP contribution in [0.4, 0.5) is 13.2 Å². The van der Waals surface area contributed by atoms with Gasteiger partial charge in [0.1, 0.15) is 6.04 Å². The van der Waals surface area contributed by atoms with Crippen molar-refractivity contribution in [2.75, 3.05) is 19.7 Å². The molecule has 1 unspecified atom stereocenters. The lowest BCUT2D eigenvalue weighted by Crippen LogP contribution is -2.51. The smallest absolute Gasteiger partial charge is 0.394 e. The van der Waals surface area contributed by atoms with Crippen molar-refractivity contribution in [2.45, 2.75) is 30.7 Å². The van der Waals surface area contributed by atoms with E-state index in [0.29, 0.717) is 0 Å². The number of aliphatic hydroxyl groups excluding tert-OH is 1. The first kappa shape index (κ1) is 17.7. The lowest BCUT2D eigenvalue weighted by molar-refractivity contribution is -0.138. The second kappa shape index (κ2) is 6.46. The predicted octanol–water partition coefficient (Wildman–Crippen LogP) is 0.835. The Morgan fingerprint density at radius 3 is 2.48 bits per heavy atom. The SMILES string of the molecule is NC(CO)C(=O)N1CCC(O)(c2cccc(C(F)(F)F)c2)CC1. The summed E-state index contributed by atoms with van der Waals surface area (Å²) < 4.78 is 38.4. The molecule has 23 heavy (non-hydrogen) atoms. The maximum Gasteiger partial charge on any atom is 0.416 e. The van der Waals surface area contributed by atoms with E-state index in [0.717, 1.165) is 12.1 Å². The van der Waals surface area contributed by atoms with E-state index in [1.165, 1.54) is 17.0 Å². The summed E-state index contributed by atoms with van der Waals surface area (Å²) in [6.45, 7) is -0.147. The van der Waals surface area contributed by atoms with E-state index in [2.05, 4.69) is 0 Å². The maximum absolute atomic E-state index is 12.8. The fourth-order valence-electron chi connectivity index (χ4n) is 2.68. The number of aliphatic hydroxyl groups is 2. The highest BCUT2D eigenvalue weighted by molar-refractivity contribution is 5.81. The van der Waals surface area contributed by atoms with Crippen LogP contribution < -0.4 is 5.73 Å². The number of nitrogens with zero attached hydrogens (tertiary/aromatic N) is 1. The van der Waals surface area contributed by atoms with Crippen LogP contribution in [-0.2, 0) is 16.6 Å². The van der Waals surface area contributed by atoms with Gasteiger partial charge in [-0.15, -0.1) is 0 Å². The lowest BCUT2D eigenvalue weighted by atomic mass is 9.83. The number of alkyl halides is 3. The molecule has 0 saturated carbocycles. The molecule has 1 aliphatic heterocycles. The number of amides is 1. The van der Waals surface area contributed by atoms with Crippen molar-refractivity contribution in [2.24, 2.45) is 5.73 Å². The maximum atomic E-state index is 12.8. The van der Waals surface area contributed by atoms with Crippen molar-refractivity contribution in [1.29, 1.82) is 0 Å². The minimum absolute atomic E-state index is 0.109. The monoisotopic (exact) mass is 332 g/mol. The molecular weight excluding hydrogens is 313 g/mol. The highest BCUT2D eigenvalue weighted by atomic mass is 19.4. The van der Waals surface area contributed by atoms with Gasteiger partial charge in [-0.1, -0.05) is 12.1 Å². The van der Waals surface area contributed by atoms with E-state index in [9.17, 15) is 23.1 Å². The standard InChI is InChI=1S/C15H19F3N2O3/c16-15(17,18)11-3-1-2-10(8-11)14(23)4-6-20(7-5-14)13(22)12(19)9-21/h1-3,8,12,21,23H,4-7,9,19H2. The van der Waals surface area contributed by atoms with Crippen LogP contribution in [0.2, 0.25) is 0 Å². The fourth-order valence-corrected chi connectivity index (χ4v) is 2.68. The van der Waals surface area contributed by atoms with Gasteiger partial charge in [0.05, 0.1) is 17.8 Å². The third-order valence-electron chi connectivity index (χ3n) is 4.14. The van der Waals surface area contributed by atoms with Gasteiger partial charge < -0.3 is 20.8 Å². The van der Waals surface area contributed by atoms with Gasteiger partial charge in [-0.25, -0.2) is 0 Å². The van der Waals surface area contributed by atoms with Gasteiger partial charge in [-0.05, 0) is 30.5 Å². The molecule has 8 heteroatoms. The van der Waals surface area contributed by atoms with Crippen molar-refractivity contribution < 1.29 is 28.2 Å². The number of hydrogen-bond acceptors (Lipinski definition) is 4. The number of likely N-dealkylation sites (tertiary alicyclic amines) is 1. The van der Waals surface area contributed by atoms with Crippen LogP contribution in [0, 0.1) is 0 Å². The molecule has 0 aromatic heterocycles. The van der Waals surface area contributed by atoms with Gasteiger partial charge in [0.15, 0.2) is 0 Å². The van der Waals surface area contributed by atoms with Crippen LogP contribution in [0.3, 0.4) is 0 Å². The minimum Gasteiger partial charge on any atom is -0.394 e. The number of halogens is 3. The van der Waals surface area contributed by atoms with Crippen molar-refractivity contribution in [3.05, 3.63) is 35.4 Å². The highest BCUT2D eigenvalue weighted by Crippen LogP contribution is 2.36. The van der Waals surface area contributed by atoms with Gasteiger partial charge >= 0.3 is 6.18 Å². The molecule has 0 radical (unpaired) electrons. The molecule has 1 heterocycles. The number of benzene rings is 1. The average molecular weight is 332 g/mol. The molecule has 2 rings (SSSR count). The molecule has 4 N–H and O–H groups in total. The Bertz CT molecular complexity index is 569. The first-order valence-electron chi connectivity index (χ1n) is 7.23. The summed E-state index contributed by atoms with van der Waals surface area (Å²) in [5.74, 6) is -0.432. The van der Waals surface area contributed by atoms with E-state index >= 15 is 0 Å². The Labute approximate surface area is 131 Å². The van der Waals surface area contributed by atoms with Crippen molar-refractivity contribution in [1.82, 2.24) is 4.90 Å². The molecule has 1 aliphatic rings. The lowest BCUT2D eigenvalue weighted by Gasteiger charge is -2.39. The number of nitrogens with two attached hydrogens (primary N) is 1. The molecule has 1 fully saturated rings. The second-order valence-corrected chi connectivity index (χ2v) is 5.72. The van der Waals surface area contributed by atoms with Crippen LogP contribution in [0.25, 0.3) is 0 Å². The summed E-state index contributed by atoms with van der Waals surface area (Å²) in [5.41, 5.74) is 3.42. The second-order valence-electron chi connectivity index (χ2n) is 5.72. The predicted molar refractivity (Wildman–Crippen MR) is 76.2 cm³/mol. The summed E-state index contributed by atoms with van der Waals surface area (Å²) in [6.07, 6.45) is -4.26. The number of hydrogen-bond donors (Lipinski definition) is 3. The highest BCUT2D eigenvalue weighted by Gasteiger charge is 2.38. The fraction of sp³-hybridized carbons (Fsp3) is 0.533. The van der Waals surface area contributed by atoms with Gasteiger partial charge in [0, 0.05) is 13.1 Å². The summed E-state index contributed by atoms with van der Waals surface area (Å²) in [4.78, 5) is 13.3. The number of carbonyl (C=O) groups excluding carboxylic acids is 1. The zero-order valence-corrected chi connectivity index (χ0v) is 12.4. The van der Waals surface area contributed by atoms with E-state index in [1.807, 2.05) is 0 Å². The van der Waals surface area contributed by atoms with Crippen LogP contribution in [0.15, 0.2) is 24.3 Å². The summed E-state index contributed by atoms with van der Waals surface area (Å²) >= 11 is 0. The summed E-state index contributed by atoms with van der Waals surface area (Å²) in [6, 6.07) is 3.58. The Hall–Kier alpha value is -1.64. The summed E-state index contributed by atoms with van der Waals surface area (Å²) in [7, 11) is 0. The molecule has 1 aromatic rings. The van der Waals surface area contributed by atoms with Crippen molar-refractivity contribution >= 4 is 5.91 Å². The van der Waals surface area contributed by atoms with Gasteiger partial charge in [-0.2, -0.15) is 13.2 Å². The Balaban J connectivity index is 2.12. The Morgan fingerprint density at radius 1 is 1.35 bits per heavy atom. The topological polar surface area (TPSA) is 86.8 Å². The molecule has 0 bridgehead atoms. The largest absolute Gasteiger partial charge is 0.416 e. The summed E-state index contributed by atoms with van der Waals surface area (Å²) in [5, 5.41) is 19.5. The zero-order chi connectivity index (χ0) is 17.3. The van der Waals surface area contributed by atoms with Crippen LogP contribution in [0.5, 0.6) is 0 Å². The first-order valence-corrected chi connectivity index (χ1v) is 7.23. The Morgan fingerprint density at radius 2 is 1.96 bits per heavy atom. The quantitative estimate of drug-likeness (QED) is 0.765. The molecular formula is C15H19F3N2O3. The molecule has 0 aliphatic carbocycles.